The van der Waals surface area contributed by atoms with Crippen molar-refractivity contribution < 1.29 is 5.11 Å². The van der Waals surface area contributed by atoms with Crippen LogP contribution in [-0.2, 0) is 6.54 Å². The smallest absolute Gasteiger partial charge is 0.0946 e. The first-order valence-corrected chi connectivity index (χ1v) is 5.00. The predicted octanol–water partition coefficient (Wildman–Crippen LogP) is 1.43. The first-order valence-electron chi connectivity index (χ1n) is 5.00. The van der Waals surface area contributed by atoms with E-state index in [9.17, 15) is 5.11 Å². The Bertz CT molecular complexity index is 245. The lowest BCUT2D eigenvalue weighted by atomic mass is 9.86. The Hall–Kier alpha value is -0.830. The van der Waals surface area contributed by atoms with Gasteiger partial charge in [-0.2, -0.15) is 0 Å². The second kappa shape index (κ2) is 3.92. The number of hydrogen-bond donors (Lipinski definition) is 1. The number of aliphatic hydroxyl groups is 1. The van der Waals surface area contributed by atoms with E-state index in [2.05, 4.69) is 9.55 Å². The van der Waals surface area contributed by atoms with Crippen molar-refractivity contribution in [2.75, 3.05) is 0 Å². The third-order valence-corrected chi connectivity index (χ3v) is 2.87. The van der Waals surface area contributed by atoms with Crippen molar-refractivity contribution in [3.63, 3.8) is 0 Å². The molecule has 0 spiro atoms. The van der Waals surface area contributed by atoms with E-state index in [0.717, 1.165) is 19.4 Å². The third kappa shape index (κ3) is 2.10. The van der Waals surface area contributed by atoms with Crippen molar-refractivity contribution in [2.45, 2.75) is 38.3 Å². The number of imidazole rings is 1. The van der Waals surface area contributed by atoms with Crippen molar-refractivity contribution in [1.29, 1.82) is 0 Å². The molecule has 0 aliphatic heterocycles. The Balaban J connectivity index is 1.93. The minimum atomic E-state index is -0.101. The SMILES string of the molecule is O[C@@H]1CCCC[C@@H]1Cn1ccnc1. The summed E-state index contributed by atoms with van der Waals surface area (Å²) >= 11 is 0. The Kier molecular flexibility index (Phi) is 2.64. The highest BCUT2D eigenvalue weighted by Gasteiger charge is 2.22. The molecule has 1 heterocycles. The summed E-state index contributed by atoms with van der Waals surface area (Å²) in [5.41, 5.74) is 0. The molecule has 72 valence electrons. The Morgan fingerprint density at radius 2 is 2.23 bits per heavy atom. The minimum Gasteiger partial charge on any atom is -0.393 e. The molecule has 1 N–H and O–H groups in total. The fraction of sp³-hybridized carbons (Fsp3) is 0.700. The number of rotatable bonds is 2. The van der Waals surface area contributed by atoms with E-state index in [1.54, 1.807) is 6.20 Å². The van der Waals surface area contributed by atoms with Crippen LogP contribution in [0.25, 0.3) is 0 Å². The summed E-state index contributed by atoms with van der Waals surface area (Å²) in [5.74, 6) is 0.433. The molecular weight excluding hydrogens is 164 g/mol. The molecule has 2 atom stereocenters. The number of aromatic nitrogens is 2. The van der Waals surface area contributed by atoms with Gasteiger partial charge in [-0.3, -0.25) is 0 Å². The van der Waals surface area contributed by atoms with Gasteiger partial charge in [-0.1, -0.05) is 12.8 Å². The molecule has 1 aromatic heterocycles. The van der Waals surface area contributed by atoms with Gasteiger partial charge >= 0.3 is 0 Å². The van der Waals surface area contributed by atoms with Gasteiger partial charge in [0, 0.05) is 24.9 Å². The maximum atomic E-state index is 9.73. The molecule has 1 aliphatic carbocycles. The van der Waals surface area contributed by atoms with Crippen LogP contribution in [0.4, 0.5) is 0 Å². The highest BCUT2D eigenvalue weighted by Crippen LogP contribution is 2.25. The van der Waals surface area contributed by atoms with Crippen molar-refractivity contribution in [2.24, 2.45) is 5.92 Å². The number of aliphatic hydroxyl groups excluding tert-OH is 1. The Morgan fingerprint density at radius 1 is 1.38 bits per heavy atom. The maximum Gasteiger partial charge on any atom is 0.0946 e. The number of nitrogens with zero attached hydrogens (tertiary/aromatic N) is 2. The third-order valence-electron chi connectivity index (χ3n) is 2.87. The molecule has 0 amide bonds. The molecule has 0 bridgehead atoms. The van der Waals surface area contributed by atoms with E-state index < -0.39 is 0 Å². The number of hydrogen-bond acceptors (Lipinski definition) is 2. The maximum absolute atomic E-state index is 9.73. The van der Waals surface area contributed by atoms with Gasteiger partial charge in [0.25, 0.3) is 0 Å². The lowest BCUT2D eigenvalue weighted by molar-refractivity contribution is 0.0606. The highest BCUT2D eigenvalue weighted by atomic mass is 16.3. The summed E-state index contributed by atoms with van der Waals surface area (Å²) in [5, 5.41) is 9.73. The van der Waals surface area contributed by atoms with Gasteiger partial charge in [0.2, 0.25) is 0 Å². The molecule has 0 saturated heterocycles. The van der Waals surface area contributed by atoms with E-state index in [-0.39, 0.29) is 6.10 Å². The van der Waals surface area contributed by atoms with E-state index in [0.29, 0.717) is 5.92 Å². The summed E-state index contributed by atoms with van der Waals surface area (Å²) in [7, 11) is 0. The second-order valence-corrected chi connectivity index (χ2v) is 3.87. The average molecular weight is 180 g/mol. The van der Waals surface area contributed by atoms with Crippen LogP contribution in [0.3, 0.4) is 0 Å². The summed E-state index contributed by atoms with van der Waals surface area (Å²) < 4.78 is 2.05. The molecule has 3 nitrogen and oxygen atoms in total. The largest absolute Gasteiger partial charge is 0.393 e. The zero-order chi connectivity index (χ0) is 9.10. The molecular formula is C10H16N2O. The fourth-order valence-electron chi connectivity index (χ4n) is 2.07. The molecule has 0 unspecified atom stereocenters. The topological polar surface area (TPSA) is 38.0 Å². The molecule has 13 heavy (non-hydrogen) atoms. The average Bonchev–Trinajstić information content (AvgIpc) is 2.61. The summed E-state index contributed by atoms with van der Waals surface area (Å²) in [4.78, 5) is 3.99. The monoisotopic (exact) mass is 180 g/mol. The van der Waals surface area contributed by atoms with Crippen LogP contribution < -0.4 is 0 Å². The highest BCUT2D eigenvalue weighted by molar-refractivity contribution is 4.80. The van der Waals surface area contributed by atoms with Crippen molar-refractivity contribution in [3.05, 3.63) is 18.7 Å². The van der Waals surface area contributed by atoms with Crippen LogP contribution >= 0.6 is 0 Å². The van der Waals surface area contributed by atoms with Gasteiger partial charge in [0.15, 0.2) is 0 Å². The summed E-state index contributed by atoms with van der Waals surface area (Å²) in [6.45, 7) is 0.918. The van der Waals surface area contributed by atoms with Gasteiger partial charge in [-0.25, -0.2) is 4.98 Å². The summed E-state index contributed by atoms with van der Waals surface area (Å²) in [6, 6.07) is 0. The van der Waals surface area contributed by atoms with E-state index in [4.69, 9.17) is 0 Å². The van der Waals surface area contributed by atoms with Crippen LogP contribution in [0, 0.1) is 5.92 Å². The molecule has 1 fully saturated rings. The molecule has 2 rings (SSSR count). The van der Waals surface area contributed by atoms with E-state index in [1.807, 2.05) is 12.5 Å². The van der Waals surface area contributed by atoms with Gasteiger partial charge in [0.1, 0.15) is 0 Å². The lowest BCUT2D eigenvalue weighted by Gasteiger charge is -2.27. The fourth-order valence-corrected chi connectivity index (χ4v) is 2.07. The van der Waals surface area contributed by atoms with Gasteiger partial charge in [0.05, 0.1) is 12.4 Å². The van der Waals surface area contributed by atoms with Crippen LogP contribution in [0.15, 0.2) is 18.7 Å². The van der Waals surface area contributed by atoms with E-state index in [1.165, 1.54) is 12.8 Å². The molecule has 0 radical (unpaired) electrons. The Morgan fingerprint density at radius 3 is 2.92 bits per heavy atom. The standard InChI is InChI=1S/C10H16N2O/c13-10-4-2-1-3-9(10)7-12-6-5-11-8-12/h5-6,8-10,13H,1-4,7H2/t9-,10-/m1/s1. The van der Waals surface area contributed by atoms with Crippen LogP contribution in [0.2, 0.25) is 0 Å². The first kappa shape index (κ1) is 8.75. The van der Waals surface area contributed by atoms with Gasteiger partial charge in [-0.05, 0) is 12.8 Å². The van der Waals surface area contributed by atoms with E-state index >= 15 is 0 Å². The van der Waals surface area contributed by atoms with Crippen molar-refractivity contribution >= 4 is 0 Å². The van der Waals surface area contributed by atoms with Crippen molar-refractivity contribution in [3.8, 4) is 0 Å². The normalized spacial score (nSPS) is 29.0. The van der Waals surface area contributed by atoms with Crippen LogP contribution in [0.5, 0.6) is 0 Å². The second-order valence-electron chi connectivity index (χ2n) is 3.87. The quantitative estimate of drug-likeness (QED) is 0.747. The first-order chi connectivity index (χ1) is 6.36. The van der Waals surface area contributed by atoms with Gasteiger partial charge < -0.3 is 9.67 Å². The molecule has 1 aliphatic rings. The zero-order valence-electron chi connectivity index (χ0n) is 7.76. The zero-order valence-corrected chi connectivity index (χ0v) is 7.76. The summed E-state index contributed by atoms with van der Waals surface area (Å²) in [6.07, 6.45) is 10.0. The van der Waals surface area contributed by atoms with Crippen LogP contribution in [-0.4, -0.2) is 20.8 Å². The minimum absolute atomic E-state index is 0.101. The Labute approximate surface area is 78.4 Å². The predicted molar refractivity (Wildman–Crippen MR) is 50.2 cm³/mol. The van der Waals surface area contributed by atoms with Gasteiger partial charge in [-0.15, -0.1) is 0 Å². The van der Waals surface area contributed by atoms with Crippen molar-refractivity contribution in [1.82, 2.24) is 9.55 Å². The lowest BCUT2D eigenvalue weighted by Crippen LogP contribution is -2.27. The molecule has 0 aromatic carbocycles. The van der Waals surface area contributed by atoms with Crippen LogP contribution in [0.1, 0.15) is 25.7 Å². The molecule has 1 aromatic rings. The molecule has 1 saturated carbocycles. The molecule has 3 heteroatoms.